The number of aliphatic hydroxyl groups is 4. The van der Waals surface area contributed by atoms with Gasteiger partial charge in [0, 0.05) is 58.6 Å². The lowest BCUT2D eigenvalue weighted by molar-refractivity contribution is -0.177. The Labute approximate surface area is 347 Å². The van der Waals surface area contributed by atoms with E-state index in [9.17, 15) is 33.6 Å². The normalized spacial score (nSPS) is 33.9. The molecule has 318 valence electrons. The number of alkyl halides is 3. The van der Waals surface area contributed by atoms with E-state index in [0.29, 0.717) is 62.1 Å². The molecule has 3 aromatic rings. The molecule has 6 aliphatic rings. The third-order valence-electron chi connectivity index (χ3n) is 15.4. The summed E-state index contributed by atoms with van der Waals surface area (Å²) in [6.45, 7) is 4.52. The van der Waals surface area contributed by atoms with Crippen molar-refractivity contribution in [3.8, 4) is 22.8 Å². The summed E-state index contributed by atoms with van der Waals surface area (Å²) in [5.74, 6) is 0.614. The lowest BCUT2D eigenvalue weighted by Crippen LogP contribution is -2.67. The Hall–Kier alpha value is -3.65. The molecule has 3 fully saturated rings. The lowest BCUT2D eigenvalue weighted by atomic mass is 9.32. The quantitative estimate of drug-likeness (QED) is 0.105. The number of fused-ring (bicyclic) bond motifs is 1. The van der Waals surface area contributed by atoms with E-state index in [0.717, 1.165) is 24.1 Å². The van der Waals surface area contributed by atoms with Crippen LogP contribution in [-0.4, -0.2) is 82.8 Å². The molecule has 2 aromatic carbocycles. The Morgan fingerprint density at radius 1 is 0.983 bits per heavy atom. The first-order chi connectivity index (χ1) is 27.9. The Balaban J connectivity index is 1.18. The van der Waals surface area contributed by atoms with E-state index in [-0.39, 0.29) is 58.2 Å². The lowest BCUT2D eigenvalue weighted by Gasteiger charge is -2.71. The molecular weight excluding hydrogens is 787 g/mol. The Morgan fingerprint density at radius 3 is 2.42 bits per heavy atom. The van der Waals surface area contributed by atoms with Crippen LogP contribution < -0.4 is 9.47 Å². The second-order valence-corrected chi connectivity index (χ2v) is 18.6. The van der Waals surface area contributed by atoms with Gasteiger partial charge in [0.1, 0.15) is 17.3 Å². The molecular formula is C46H53ClF3NO8. The molecule has 1 aromatic heterocycles. The molecule has 4 N–H and O–H groups in total. The molecule has 2 spiro atoms. The van der Waals surface area contributed by atoms with Crippen LogP contribution in [0.4, 0.5) is 13.2 Å². The highest BCUT2D eigenvalue weighted by Gasteiger charge is 2.74. The number of Topliss-reactive ketones (excluding diaryl/α,β-unsaturated/α-hetero) is 1. The van der Waals surface area contributed by atoms with E-state index < -0.39 is 52.4 Å². The largest absolute Gasteiger partial charge is 0.497 e. The summed E-state index contributed by atoms with van der Waals surface area (Å²) in [6.07, 6.45) is 4.44. The molecule has 9 atom stereocenters. The second-order valence-electron chi connectivity index (χ2n) is 18.2. The number of carbonyl (C=O) groups excluding carboxylic acids is 1. The molecule has 1 heterocycles. The number of hydrogen-bond acceptors (Lipinski definition) is 9. The standard InChI is InChI=1S/C46H53ClF3NO8/c1-41-14-11-29(53)21-43(41)17-18-45(33(22-43)40(55)36-10-9-35(59-36)32-19-28(46(48,49)50)6-8-34(32)47)38(41)12-15-42(2)39(45)13-16-44(42,56)26-51(24-30(54)25-52)23-27-5-7-31(57-3)20-37(27)58-4/h5-10,17-20,22,29-30,38-39,52-54,56H,11-16,21,23-26H2,1-4H3/t29?,30-,38+,39+,41+,42-,43-,44+,45+/m0/s1. The summed E-state index contributed by atoms with van der Waals surface area (Å²) < 4.78 is 58.3. The van der Waals surface area contributed by atoms with Gasteiger partial charge in [-0.3, -0.25) is 9.69 Å². The first-order valence-corrected chi connectivity index (χ1v) is 20.8. The molecule has 0 amide bonds. The van der Waals surface area contributed by atoms with Gasteiger partial charge in [0.25, 0.3) is 0 Å². The van der Waals surface area contributed by atoms with Crippen LogP contribution in [0.3, 0.4) is 0 Å². The third kappa shape index (κ3) is 6.50. The third-order valence-corrected chi connectivity index (χ3v) is 15.7. The number of hydrogen-bond donors (Lipinski definition) is 4. The fourth-order valence-electron chi connectivity index (χ4n) is 12.4. The van der Waals surface area contributed by atoms with Crippen molar-refractivity contribution in [2.45, 2.75) is 89.3 Å². The van der Waals surface area contributed by atoms with Crippen molar-refractivity contribution in [3.63, 3.8) is 0 Å². The molecule has 1 unspecified atom stereocenters. The second kappa shape index (κ2) is 14.8. The zero-order chi connectivity index (χ0) is 42.3. The van der Waals surface area contributed by atoms with Crippen molar-refractivity contribution in [2.75, 3.05) is 33.9 Å². The maximum absolute atomic E-state index is 15.1. The van der Waals surface area contributed by atoms with Gasteiger partial charge in [-0.05, 0) is 98.6 Å². The van der Waals surface area contributed by atoms with Crippen LogP contribution in [0.2, 0.25) is 5.02 Å². The minimum atomic E-state index is -4.61. The Morgan fingerprint density at radius 2 is 1.71 bits per heavy atom. The van der Waals surface area contributed by atoms with Crippen molar-refractivity contribution in [3.05, 3.63) is 94.2 Å². The summed E-state index contributed by atoms with van der Waals surface area (Å²) in [6, 6.07) is 11.4. The van der Waals surface area contributed by atoms with Crippen molar-refractivity contribution >= 4 is 17.4 Å². The highest BCUT2D eigenvalue weighted by molar-refractivity contribution is 6.33. The average molecular weight is 840 g/mol. The molecule has 2 bridgehead atoms. The fraction of sp³-hybridized carbons (Fsp3) is 0.543. The number of rotatable bonds is 12. The first-order valence-electron chi connectivity index (χ1n) is 20.4. The zero-order valence-corrected chi connectivity index (χ0v) is 34.6. The van der Waals surface area contributed by atoms with E-state index >= 15 is 4.79 Å². The topological polar surface area (TPSA) is 133 Å². The van der Waals surface area contributed by atoms with Gasteiger partial charge in [0.15, 0.2) is 5.76 Å². The predicted molar refractivity (Wildman–Crippen MR) is 215 cm³/mol. The van der Waals surface area contributed by atoms with Crippen LogP contribution in [0.25, 0.3) is 11.3 Å². The molecule has 13 heteroatoms. The molecule has 59 heavy (non-hydrogen) atoms. The van der Waals surface area contributed by atoms with Gasteiger partial charge < -0.3 is 34.3 Å². The number of carbonyl (C=O) groups is 1. The maximum atomic E-state index is 15.1. The van der Waals surface area contributed by atoms with E-state index in [1.54, 1.807) is 20.3 Å². The summed E-state index contributed by atoms with van der Waals surface area (Å²) in [5, 5.41) is 44.9. The molecule has 0 radical (unpaired) electrons. The number of ether oxygens (including phenoxy) is 2. The zero-order valence-electron chi connectivity index (χ0n) is 33.8. The predicted octanol–water partition coefficient (Wildman–Crippen LogP) is 8.27. The summed E-state index contributed by atoms with van der Waals surface area (Å²) in [5.41, 5.74) is -3.26. The fourth-order valence-corrected chi connectivity index (χ4v) is 12.6. The van der Waals surface area contributed by atoms with Crippen molar-refractivity contribution in [1.29, 1.82) is 0 Å². The van der Waals surface area contributed by atoms with Gasteiger partial charge >= 0.3 is 6.18 Å². The van der Waals surface area contributed by atoms with E-state index in [4.69, 9.17) is 25.5 Å². The molecule has 3 saturated carbocycles. The van der Waals surface area contributed by atoms with Gasteiger partial charge in [-0.15, -0.1) is 0 Å². The van der Waals surface area contributed by atoms with Gasteiger partial charge in [0.2, 0.25) is 5.78 Å². The summed E-state index contributed by atoms with van der Waals surface area (Å²) >= 11 is 6.39. The van der Waals surface area contributed by atoms with Crippen LogP contribution >= 0.6 is 11.6 Å². The van der Waals surface area contributed by atoms with Crippen molar-refractivity contribution in [2.24, 2.45) is 33.5 Å². The Bertz CT molecular complexity index is 2190. The van der Waals surface area contributed by atoms with Crippen LogP contribution in [0.5, 0.6) is 11.5 Å². The molecule has 6 aliphatic carbocycles. The molecule has 9 rings (SSSR count). The number of furan rings is 1. The number of benzene rings is 2. The first kappa shape index (κ1) is 42.1. The number of aliphatic hydroxyl groups excluding tert-OH is 3. The Kier molecular flexibility index (Phi) is 10.5. The van der Waals surface area contributed by atoms with Crippen molar-refractivity contribution in [1.82, 2.24) is 4.90 Å². The minimum Gasteiger partial charge on any atom is -0.497 e. The van der Waals surface area contributed by atoms with E-state index in [1.807, 2.05) is 17.0 Å². The van der Waals surface area contributed by atoms with E-state index in [1.165, 1.54) is 18.2 Å². The monoisotopic (exact) mass is 839 g/mol. The van der Waals surface area contributed by atoms with E-state index in [2.05, 4.69) is 32.1 Å². The summed E-state index contributed by atoms with van der Waals surface area (Å²) in [7, 11) is 3.14. The smallest absolute Gasteiger partial charge is 0.416 e. The molecule has 0 saturated heterocycles. The number of nitrogens with zero attached hydrogens (tertiary/aromatic N) is 1. The molecule has 0 aliphatic heterocycles. The maximum Gasteiger partial charge on any atom is 0.416 e. The van der Waals surface area contributed by atoms with Crippen LogP contribution in [0, 0.1) is 33.5 Å². The van der Waals surface area contributed by atoms with Crippen LogP contribution in [0.1, 0.15) is 80.5 Å². The van der Waals surface area contributed by atoms with Gasteiger partial charge in [-0.2, -0.15) is 13.2 Å². The van der Waals surface area contributed by atoms with Crippen LogP contribution in [-0.2, 0) is 12.7 Å². The highest BCUT2D eigenvalue weighted by Crippen LogP contribution is 2.78. The minimum absolute atomic E-state index is 0.0138. The van der Waals surface area contributed by atoms with Gasteiger partial charge in [-0.1, -0.05) is 49.7 Å². The summed E-state index contributed by atoms with van der Waals surface area (Å²) in [4.78, 5) is 17.1. The molecule has 9 nitrogen and oxygen atoms in total. The van der Waals surface area contributed by atoms with Crippen molar-refractivity contribution < 1.29 is 52.3 Å². The number of ketones is 1. The highest BCUT2D eigenvalue weighted by atomic mass is 35.5. The SMILES string of the molecule is COc1ccc(CN(C[C@H](O)CO)C[C@]2(O)CC[C@H]3[C@]45C=C[C@@]6(C=C4C(=O)c4ccc(-c7cc(C(F)(F)F)ccc7Cl)o4)CC(O)CC[C@]6(C)[C@H]5CC[C@@]32C)c(OC)c1. The number of methoxy groups -OCH3 is 2. The van der Waals surface area contributed by atoms with Gasteiger partial charge in [0.05, 0.1) is 49.2 Å². The van der Waals surface area contributed by atoms with Crippen LogP contribution in [0.15, 0.2) is 76.7 Å². The number of halogens is 4. The average Bonchev–Trinajstić information content (AvgIpc) is 3.79. The van der Waals surface area contributed by atoms with Gasteiger partial charge in [-0.25, -0.2) is 0 Å². The number of allylic oxidation sites excluding steroid dienone is 4.